The van der Waals surface area contributed by atoms with Crippen LogP contribution in [-0.4, -0.2) is 42.2 Å². The van der Waals surface area contributed by atoms with E-state index < -0.39 is 11.7 Å². The molecule has 0 unspecified atom stereocenters. The monoisotopic (exact) mass is 501 g/mol. The summed E-state index contributed by atoms with van der Waals surface area (Å²) in [6.45, 7) is 6.86. The minimum Gasteiger partial charge on any atom is -0.378 e. The fourth-order valence-electron chi connectivity index (χ4n) is 3.67. The van der Waals surface area contributed by atoms with Crippen molar-refractivity contribution in [3.63, 3.8) is 0 Å². The number of amides is 1. The van der Waals surface area contributed by atoms with Crippen LogP contribution in [0.2, 0.25) is 0 Å². The Kier molecular flexibility index (Phi) is 9.38. The summed E-state index contributed by atoms with van der Waals surface area (Å²) in [4.78, 5) is 23.1. The molecule has 36 heavy (non-hydrogen) atoms. The van der Waals surface area contributed by atoms with Gasteiger partial charge >= 0.3 is 6.18 Å². The topological polar surface area (TPSA) is 93.4 Å². The molecule has 4 rings (SSSR count). The van der Waals surface area contributed by atoms with Gasteiger partial charge in [0, 0.05) is 32.4 Å². The summed E-state index contributed by atoms with van der Waals surface area (Å²) in [7, 11) is 0. The molecule has 1 fully saturated rings. The van der Waals surface area contributed by atoms with Gasteiger partial charge in [-0.2, -0.15) is 13.2 Å². The van der Waals surface area contributed by atoms with Gasteiger partial charge in [-0.15, -0.1) is 0 Å². The van der Waals surface area contributed by atoms with E-state index in [-0.39, 0.29) is 24.7 Å². The summed E-state index contributed by atoms with van der Waals surface area (Å²) >= 11 is 0. The van der Waals surface area contributed by atoms with Crippen molar-refractivity contribution in [2.45, 2.75) is 33.1 Å². The minimum absolute atomic E-state index is 0.122. The van der Waals surface area contributed by atoms with Gasteiger partial charge in [0.25, 0.3) is 5.91 Å². The van der Waals surface area contributed by atoms with Gasteiger partial charge in [0.15, 0.2) is 0 Å². The molecule has 0 aliphatic carbocycles. The van der Waals surface area contributed by atoms with Crippen molar-refractivity contribution in [2.24, 2.45) is 5.73 Å². The molecule has 0 saturated carbocycles. The minimum atomic E-state index is -4.44. The molecule has 1 aliphatic rings. The number of benzene rings is 2. The molecule has 10 heteroatoms. The summed E-state index contributed by atoms with van der Waals surface area (Å²) in [6, 6.07) is 12.1. The maximum atomic E-state index is 13.1. The van der Waals surface area contributed by atoms with E-state index in [0.717, 1.165) is 17.7 Å². The first kappa shape index (κ1) is 27.1. The molecule has 3 N–H and O–H groups in total. The Balaban J connectivity index is 0.00000176. The maximum Gasteiger partial charge on any atom is 0.416 e. The molecule has 0 radical (unpaired) electrons. The van der Waals surface area contributed by atoms with Crippen molar-refractivity contribution in [1.29, 1.82) is 0 Å². The predicted molar refractivity (Wildman–Crippen MR) is 132 cm³/mol. The lowest BCUT2D eigenvalue weighted by Gasteiger charge is -2.26. The Morgan fingerprint density at radius 2 is 1.78 bits per heavy atom. The molecule has 0 bridgehead atoms. The quantitative estimate of drug-likeness (QED) is 0.520. The number of nitrogens with two attached hydrogens (primary N) is 1. The van der Waals surface area contributed by atoms with Crippen molar-refractivity contribution in [1.82, 2.24) is 15.3 Å². The maximum absolute atomic E-state index is 13.1. The molecule has 1 saturated heterocycles. The van der Waals surface area contributed by atoms with Crippen LogP contribution >= 0.6 is 0 Å². The van der Waals surface area contributed by atoms with Crippen LogP contribution in [-0.2, 0) is 24.0 Å². The highest BCUT2D eigenvalue weighted by molar-refractivity contribution is 5.92. The Morgan fingerprint density at radius 3 is 2.42 bits per heavy atom. The van der Waals surface area contributed by atoms with E-state index in [1.807, 2.05) is 18.7 Å². The lowest BCUT2D eigenvalue weighted by atomic mass is 9.96. The van der Waals surface area contributed by atoms with Crippen LogP contribution in [0.1, 0.15) is 41.0 Å². The van der Waals surface area contributed by atoms with Crippen LogP contribution in [0.15, 0.2) is 54.7 Å². The van der Waals surface area contributed by atoms with Crippen molar-refractivity contribution in [3.8, 4) is 11.1 Å². The molecule has 2 heterocycles. The van der Waals surface area contributed by atoms with E-state index >= 15 is 0 Å². The van der Waals surface area contributed by atoms with Gasteiger partial charge < -0.3 is 20.7 Å². The van der Waals surface area contributed by atoms with Crippen LogP contribution < -0.4 is 16.0 Å². The summed E-state index contributed by atoms with van der Waals surface area (Å²) in [5, 5.41) is 2.82. The zero-order chi connectivity index (χ0) is 26.1. The third-order valence-electron chi connectivity index (χ3n) is 5.54. The number of rotatable bonds is 6. The van der Waals surface area contributed by atoms with Crippen molar-refractivity contribution < 1.29 is 22.7 Å². The molecule has 1 amide bonds. The number of carbonyl (C=O) groups is 1. The van der Waals surface area contributed by atoms with Crippen molar-refractivity contribution >= 4 is 11.9 Å². The number of aromatic nitrogens is 2. The lowest BCUT2D eigenvalue weighted by molar-refractivity contribution is -0.137. The number of nitrogens with zero attached hydrogens (tertiary/aromatic N) is 3. The molecule has 0 spiro atoms. The first-order valence-corrected chi connectivity index (χ1v) is 11.8. The van der Waals surface area contributed by atoms with E-state index in [2.05, 4.69) is 15.3 Å². The second-order valence-electron chi connectivity index (χ2n) is 7.79. The molecule has 0 atom stereocenters. The average molecular weight is 502 g/mol. The number of hydrogen-bond donors (Lipinski definition) is 2. The summed E-state index contributed by atoms with van der Waals surface area (Å²) < 4.78 is 44.7. The second kappa shape index (κ2) is 12.5. The Labute approximate surface area is 208 Å². The van der Waals surface area contributed by atoms with Crippen LogP contribution in [0.5, 0.6) is 0 Å². The fraction of sp³-hybridized carbons (Fsp3) is 0.346. The average Bonchev–Trinajstić information content (AvgIpc) is 2.93. The first-order valence-electron chi connectivity index (χ1n) is 11.8. The molecule has 1 aliphatic heterocycles. The van der Waals surface area contributed by atoms with E-state index in [0.29, 0.717) is 48.9 Å². The van der Waals surface area contributed by atoms with Gasteiger partial charge in [-0.25, -0.2) is 9.97 Å². The first-order chi connectivity index (χ1) is 17.3. The standard InChI is InChI=1S/C24H24F3N5O2.C2H6/c25-24(26,27)19-6-5-18(14-28)20(13-19)17-3-1-16(2-4-17)15-30-22(33)21-7-8-29-23(31-21)32-9-11-34-12-10-32;1-2/h1-8,13H,9-12,14-15,28H2,(H,30,33);1-2H3. The normalized spacial score (nSPS) is 13.6. The number of nitrogens with one attached hydrogen (secondary N) is 1. The number of halogens is 3. The molecular formula is C26H30F3N5O2. The molecule has 192 valence electrons. The predicted octanol–water partition coefficient (Wildman–Crippen LogP) is 4.41. The van der Waals surface area contributed by atoms with Gasteiger partial charge in [-0.1, -0.05) is 44.2 Å². The highest BCUT2D eigenvalue weighted by Crippen LogP contribution is 2.34. The number of alkyl halides is 3. The van der Waals surface area contributed by atoms with E-state index in [1.165, 1.54) is 6.07 Å². The molecule has 2 aromatic carbocycles. The van der Waals surface area contributed by atoms with Gasteiger partial charge in [-0.3, -0.25) is 4.79 Å². The SMILES string of the molecule is CC.NCc1ccc(C(F)(F)F)cc1-c1ccc(CNC(=O)c2ccnc(N3CCOCC3)n2)cc1. The molecule has 1 aromatic heterocycles. The molecular weight excluding hydrogens is 471 g/mol. The van der Waals surface area contributed by atoms with Crippen LogP contribution in [0.25, 0.3) is 11.1 Å². The molecule has 7 nitrogen and oxygen atoms in total. The van der Waals surface area contributed by atoms with Gasteiger partial charge in [-0.05, 0) is 40.5 Å². The largest absolute Gasteiger partial charge is 0.416 e. The fourth-order valence-corrected chi connectivity index (χ4v) is 3.67. The number of morpholine rings is 1. The zero-order valence-electron chi connectivity index (χ0n) is 20.3. The number of carbonyl (C=O) groups excluding carboxylic acids is 1. The van der Waals surface area contributed by atoms with E-state index in [9.17, 15) is 18.0 Å². The Hall–Kier alpha value is -3.50. The number of ether oxygens (including phenoxy) is 1. The van der Waals surface area contributed by atoms with Gasteiger partial charge in [0.1, 0.15) is 5.69 Å². The van der Waals surface area contributed by atoms with Crippen LogP contribution in [0.4, 0.5) is 19.1 Å². The molecule has 3 aromatic rings. The second-order valence-corrected chi connectivity index (χ2v) is 7.79. The van der Waals surface area contributed by atoms with Crippen LogP contribution in [0.3, 0.4) is 0 Å². The third kappa shape index (κ3) is 6.79. The summed E-state index contributed by atoms with van der Waals surface area (Å²) in [6.07, 6.45) is -2.89. The highest BCUT2D eigenvalue weighted by Gasteiger charge is 2.31. The third-order valence-corrected chi connectivity index (χ3v) is 5.54. The van der Waals surface area contributed by atoms with E-state index in [4.69, 9.17) is 10.5 Å². The lowest BCUT2D eigenvalue weighted by Crippen LogP contribution is -2.37. The van der Waals surface area contributed by atoms with Gasteiger partial charge in [0.05, 0.1) is 18.8 Å². The number of hydrogen-bond acceptors (Lipinski definition) is 6. The Morgan fingerprint density at radius 1 is 1.08 bits per heavy atom. The smallest absolute Gasteiger partial charge is 0.378 e. The van der Waals surface area contributed by atoms with Crippen LogP contribution in [0, 0.1) is 0 Å². The van der Waals surface area contributed by atoms with Crippen molar-refractivity contribution in [2.75, 3.05) is 31.2 Å². The highest BCUT2D eigenvalue weighted by atomic mass is 19.4. The van der Waals surface area contributed by atoms with Gasteiger partial charge in [0.2, 0.25) is 5.95 Å². The Bertz CT molecular complexity index is 1150. The van der Waals surface area contributed by atoms with E-state index in [1.54, 1.807) is 36.5 Å². The zero-order valence-corrected chi connectivity index (χ0v) is 20.3. The summed E-state index contributed by atoms with van der Waals surface area (Å²) in [5.74, 6) is 0.140. The number of anilines is 1. The summed E-state index contributed by atoms with van der Waals surface area (Å²) in [5.41, 5.74) is 7.72. The van der Waals surface area contributed by atoms with Crippen molar-refractivity contribution in [3.05, 3.63) is 77.1 Å².